The van der Waals surface area contributed by atoms with Gasteiger partial charge in [-0.25, -0.2) is 0 Å². The van der Waals surface area contributed by atoms with Gasteiger partial charge in [0, 0.05) is 25.2 Å². The van der Waals surface area contributed by atoms with Crippen LogP contribution in [0.15, 0.2) is 35.8 Å². The van der Waals surface area contributed by atoms with E-state index in [2.05, 4.69) is 36.4 Å². The Morgan fingerprint density at radius 3 is 2.56 bits per heavy atom. The first-order valence-electron chi connectivity index (χ1n) is 6.44. The Labute approximate surface area is 110 Å². The van der Waals surface area contributed by atoms with Crippen molar-refractivity contribution in [2.45, 2.75) is 26.9 Å². The third kappa shape index (κ3) is 4.51. The second-order valence-electron chi connectivity index (χ2n) is 4.35. The van der Waals surface area contributed by atoms with Crippen LogP contribution in [0.3, 0.4) is 0 Å². The lowest BCUT2D eigenvalue weighted by atomic mass is 10.2. The van der Waals surface area contributed by atoms with Crippen molar-refractivity contribution in [1.29, 1.82) is 0 Å². The van der Waals surface area contributed by atoms with Gasteiger partial charge < -0.3 is 9.73 Å². The zero-order chi connectivity index (χ0) is 13.4. The average molecular weight is 248 g/mol. The molecule has 0 bridgehead atoms. The summed E-state index contributed by atoms with van der Waals surface area (Å²) < 4.78 is 5.73. The molecule has 0 aliphatic rings. The molecule has 1 aromatic rings. The lowest BCUT2D eigenvalue weighted by Crippen LogP contribution is -2.23. The summed E-state index contributed by atoms with van der Waals surface area (Å²) in [4.78, 5) is 2.27. The van der Waals surface area contributed by atoms with Crippen LogP contribution in [0.25, 0.3) is 0 Å². The Morgan fingerprint density at radius 2 is 2.00 bits per heavy atom. The van der Waals surface area contributed by atoms with E-state index in [9.17, 15) is 0 Å². The maximum atomic E-state index is 5.73. The normalized spacial score (nSPS) is 10.8. The Hall–Kier alpha value is -1.32. The van der Waals surface area contributed by atoms with Gasteiger partial charge in [-0.3, -0.25) is 4.90 Å². The minimum atomic E-state index is 0.792. The molecule has 0 aliphatic carbocycles. The van der Waals surface area contributed by atoms with E-state index >= 15 is 0 Å². The third-order valence-corrected chi connectivity index (χ3v) is 2.79. The summed E-state index contributed by atoms with van der Waals surface area (Å²) in [6.45, 7) is 16.0. The molecule has 100 valence electrons. The molecule has 1 N–H and O–H groups in total. The van der Waals surface area contributed by atoms with Crippen LogP contribution in [0.4, 0.5) is 0 Å². The van der Waals surface area contributed by atoms with Gasteiger partial charge in [0.25, 0.3) is 0 Å². The molecule has 18 heavy (non-hydrogen) atoms. The minimum Gasteiger partial charge on any atom is -0.465 e. The molecule has 1 heterocycles. The van der Waals surface area contributed by atoms with E-state index in [-0.39, 0.29) is 0 Å². The quantitative estimate of drug-likeness (QED) is 0.681. The van der Waals surface area contributed by atoms with Crippen molar-refractivity contribution in [2.24, 2.45) is 0 Å². The van der Waals surface area contributed by atoms with Crippen LogP contribution in [-0.2, 0) is 13.1 Å². The zero-order valence-electron chi connectivity index (χ0n) is 11.5. The van der Waals surface area contributed by atoms with Crippen LogP contribution in [-0.4, -0.2) is 24.5 Å². The SMILES string of the molecule is C=CCN(CC=C)Cc1cc(CNCC)oc1C. The van der Waals surface area contributed by atoms with Gasteiger partial charge in [-0.05, 0) is 19.5 Å². The molecule has 1 rings (SSSR count). The molecular weight excluding hydrogens is 224 g/mol. The molecule has 0 saturated heterocycles. The highest BCUT2D eigenvalue weighted by molar-refractivity contribution is 5.21. The second kappa shape index (κ2) is 7.90. The molecule has 0 aromatic carbocycles. The van der Waals surface area contributed by atoms with Crippen molar-refractivity contribution in [3.63, 3.8) is 0 Å². The molecule has 1 aromatic heterocycles. The summed E-state index contributed by atoms with van der Waals surface area (Å²) in [5.74, 6) is 2.00. The summed E-state index contributed by atoms with van der Waals surface area (Å²) in [5, 5.41) is 3.27. The number of nitrogens with one attached hydrogen (secondary N) is 1. The van der Waals surface area contributed by atoms with Crippen LogP contribution in [0.1, 0.15) is 24.0 Å². The second-order valence-corrected chi connectivity index (χ2v) is 4.35. The first kappa shape index (κ1) is 14.7. The van der Waals surface area contributed by atoms with Crippen molar-refractivity contribution in [3.8, 4) is 0 Å². The highest BCUT2D eigenvalue weighted by Crippen LogP contribution is 2.16. The van der Waals surface area contributed by atoms with Crippen molar-refractivity contribution in [1.82, 2.24) is 10.2 Å². The maximum absolute atomic E-state index is 5.73. The van der Waals surface area contributed by atoms with Crippen molar-refractivity contribution >= 4 is 0 Å². The van der Waals surface area contributed by atoms with E-state index in [1.54, 1.807) is 0 Å². The van der Waals surface area contributed by atoms with E-state index in [1.807, 2.05) is 19.1 Å². The van der Waals surface area contributed by atoms with E-state index in [0.717, 1.165) is 44.2 Å². The molecule has 0 unspecified atom stereocenters. The van der Waals surface area contributed by atoms with Crippen molar-refractivity contribution in [3.05, 3.63) is 48.5 Å². The maximum Gasteiger partial charge on any atom is 0.118 e. The smallest absolute Gasteiger partial charge is 0.118 e. The summed E-state index contributed by atoms with van der Waals surface area (Å²) in [7, 11) is 0. The van der Waals surface area contributed by atoms with Gasteiger partial charge in [0.2, 0.25) is 0 Å². The van der Waals surface area contributed by atoms with Crippen LogP contribution in [0.2, 0.25) is 0 Å². The largest absolute Gasteiger partial charge is 0.465 e. The summed E-state index contributed by atoms with van der Waals surface area (Å²) in [6.07, 6.45) is 3.83. The van der Waals surface area contributed by atoms with Gasteiger partial charge in [-0.2, -0.15) is 0 Å². The van der Waals surface area contributed by atoms with Crippen LogP contribution in [0, 0.1) is 6.92 Å². The summed E-state index contributed by atoms with van der Waals surface area (Å²) in [5.41, 5.74) is 1.24. The van der Waals surface area contributed by atoms with Crippen LogP contribution >= 0.6 is 0 Å². The number of furan rings is 1. The third-order valence-electron chi connectivity index (χ3n) is 2.79. The predicted molar refractivity (Wildman–Crippen MR) is 76.5 cm³/mol. The van der Waals surface area contributed by atoms with E-state index in [4.69, 9.17) is 4.42 Å². The number of aryl methyl sites for hydroxylation is 1. The van der Waals surface area contributed by atoms with E-state index < -0.39 is 0 Å². The van der Waals surface area contributed by atoms with Crippen LogP contribution in [0.5, 0.6) is 0 Å². The standard InChI is InChI=1S/C15H24N2O/c1-5-8-17(9-6-2)12-14-10-15(11-16-7-3)18-13(14)4/h5-6,10,16H,1-2,7-9,11-12H2,3-4H3. The molecule has 0 atom stereocenters. The molecule has 3 nitrogen and oxygen atoms in total. The van der Waals surface area contributed by atoms with Crippen molar-refractivity contribution < 1.29 is 4.42 Å². The van der Waals surface area contributed by atoms with E-state index in [0.29, 0.717) is 0 Å². The Kier molecular flexibility index (Phi) is 6.47. The molecule has 0 spiro atoms. The monoisotopic (exact) mass is 248 g/mol. The van der Waals surface area contributed by atoms with Gasteiger partial charge >= 0.3 is 0 Å². The number of rotatable bonds is 9. The van der Waals surface area contributed by atoms with Crippen LogP contribution < -0.4 is 5.32 Å². The zero-order valence-corrected chi connectivity index (χ0v) is 11.5. The van der Waals surface area contributed by atoms with E-state index in [1.165, 1.54) is 5.56 Å². The van der Waals surface area contributed by atoms with Gasteiger partial charge in [0.15, 0.2) is 0 Å². The molecule has 0 aliphatic heterocycles. The number of nitrogens with zero attached hydrogens (tertiary/aromatic N) is 1. The molecule has 0 amide bonds. The molecular formula is C15H24N2O. The fourth-order valence-corrected chi connectivity index (χ4v) is 1.89. The first-order valence-corrected chi connectivity index (χ1v) is 6.44. The lowest BCUT2D eigenvalue weighted by molar-refractivity contribution is 0.324. The molecule has 3 heteroatoms. The molecule has 0 saturated carbocycles. The lowest BCUT2D eigenvalue weighted by Gasteiger charge is -2.17. The molecule has 0 radical (unpaired) electrons. The van der Waals surface area contributed by atoms with Gasteiger partial charge in [0.1, 0.15) is 11.5 Å². The number of hydrogen-bond donors (Lipinski definition) is 1. The highest BCUT2D eigenvalue weighted by Gasteiger charge is 2.10. The predicted octanol–water partition coefficient (Wildman–Crippen LogP) is 2.87. The fourth-order valence-electron chi connectivity index (χ4n) is 1.89. The average Bonchev–Trinajstić information content (AvgIpc) is 2.68. The van der Waals surface area contributed by atoms with Gasteiger partial charge in [-0.15, -0.1) is 13.2 Å². The first-order chi connectivity index (χ1) is 8.71. The van der Waals surface area contributed by atoms with Gasteiger partial charge in [0.05, 0.1) is 6.54 Å². The highest BCUT2D eigenvalue weighted by atomic mass is 16.3. The Morgan fingerprint density at radius 1 is 1.33 bits per heavy atom. The van der Waals surface area contributed by atoms with Gasteiger partial charge in [-0.1, -0.05) is 19.1 Å². The summed E-state index contributed by atoms with van der Waals surface area (Å²) >= 11 is 0. The fraction of sp³-hybridized carbons (Fsp3) is 0.467. The Bertz CT molecular complexity index is 372. The topological polar surface area (TPSA) is 28.4 Å². The Balaban J connectivity index is 2.66. The minimum absolute atomic E-state index is 0.792. The summed E-state index contributed by atoms with van der Waals surface area (Å²) in [6, 6.07) is 2.14. The van der Waals surface area contributed by atoms with Crippen molar-refractivity contribution in [2.75, 3.05) is 19.6 Å². The number of hydrogen-bond acceptors (Lipinski definition) is 3. The molecule has 0 fully saturated rings.